The Kier molecular flexibility index (Phi) is 9.40. The number of carbonyl (C=O) groups is 3. The summed E-state index contributed by atoms with van der Waals surface area (Å²) in [5, 5.41) is 23.4. The number of amides is 2. The molecule has 2 amide bonds. The lowest BCUT2D eigenvalue weighted by molar-refractivity contribution is -0.145. The average molecular weight is 384 g/mol. The van der Waals surface area contributed by atoms with Crippen molar-refractivity contribution in [2.45, 2.75) is 56.8 Å². The maximum absolute atomic E-state index is 12.5. The van der Waals surface area contributed by atoms with E-state index in [1.165, 1.54) is 19.4 Å². The summed E-state index contributed by atoms with van der Waals surface area (Å²) in [5.41, 5.74) is 11.8. The van der Waals surface area contributed by atoms with Crippen LogP contribution in [0.4, 0.5) is 0 Å². The number of nitrogens with one attached hydrogen (secondary N) is 3. The summed E-state index contributed by atoms with van der Waals surface area (Å²) in [5.74, 6) is -2.67. The first-order valence-corrected chi connectivity index (χ1v) is 8.70. The molecular weight excluding hydrogens is 356 g/mol. The summed E-state index contributed by atoms with van der Waals surface area (Å²) in [6.45, 7) is 1.74. The predicted molar refractivity (Wildman–Crippen MR) is 96.4 cm³/mol. The van der Waals surface area contributed by atoms with Crippen molar-refractivity contribution in [3.8, 4) is 0 Å². The van der Waals surface area contributed by atoms with Gasteiger partial charge in [0.15, 0.2) is 6.04 Å². The van der Waals surface area contributed by atoms with Crippen LogP contribution < -0.4 is 22.1 Å². The Hall–Kier alpha value is -2.50. The molecule has 0 aromatic carbocycles. The van der Waals surface area contributed by atoms with Crippen LogP contribution in [0.15, 0.2) is 12.5 Å². The van der Waals surface area contributed by atoms with Gasteiger partial charge in [-0.1, -0.05) is 6.42 Å². The number of aliphatic hydroxyl groups is 1. The maximum Gasteiger partial charge on any atom is 0.328 e. The van der Waals surface area contributed by atoms with Gasteiger partial charge in [0, 0.05) is 18.3 Å². The van der Waals surface area contributed by atoms with Crippen molar-refractivity contribution in [2.24, 2.45) is 11.5 Å². The number of H-pyrrole nitrogens is 1. The Balaban J connectivity index is 2.81. The summed E-state index contributed by atoms with van der Waals surface area (Å²) < 4.78 is 0. The van der Waals surface area contributed by atoms with E-state index in [4.69, 9.17) is 16.6 Å². The molecule has 4 atom stereocenters. The van der Waals surface area contributed by atoms with Crippen LogP contribution in [0.25, 0.3) is 0 Å². The number of rotatable bonds is 12. The molecule has 11 nitrogen and oxygen atoms in total. The summed E-state index contributed by atoms with van der Waals surface area (Å²) in [4.78, 5) is 42.7. The molecule has 1 rings (SSSR count). The van der Waals surface area contributed by atoms with Crippen molar-refractivity contribution in [3.63, 3.8) is 0 Å². The van der Waals surface area contributed by atoms with E-state index >= 15 is 0 Å². The Morgan fingerprint density at radius 1 is 1.26 bits per heavy atom. The first-order chi connectivity index (χ1) is 12.8. The van der Waals surface area contributed by atoms with Gasteiger partial charge in [-0.05, 0) is 26.3 Å². The van der Waals surface area contributed by atoms with Crippen LogP contribution in [0.3, 0.4) is 0 Å². The number of carboxylic acids is 1. The SMILES string of the molecule is CC(O)C(NC(=O)C(Cc1cnc[nH]1)NC(=O)C(N)CCCCN)C(=O)O. The van der Waals surface area contributed by atoms with Gasteiger partial charge in [0.2, 0.25) is 11.8 Å². The zero-order chi connectivity index (χ0) is 20.4. The molecule has 1 aromatic heterocycles. The van der Waals surface area contributed by atoms with E-state index in [1.54, 1.807) is 0 Å². The van der Waals surface area contributed by atoms with Gasteiger partial charge in [0.25, 0.3) is 0 Å². The number of hydrogen-bond acceptors (Lipinski definition) is 7. The number of carbonyl (C=O) groups excluding carboxylic acids is 2. The molecule has 1 heterocycles. The number of hydrogen-bond donors (Lipinski definition) is 7. The molecule has 0 aliphatic rings. The van der Waals surface area contributed by atoms with E-state index in [0.717, 1.165) is 6.42 Å². The molecule has 11 heteroatoms. The molecule has 0 bridgehead atoms. The van der Waals surface area contributed by atoms with Gasteiger partial charge in [0.05, 0.1) is 18.5 Å². The number of aliphatic carboxylic acids is 1. The zero-order valence-corrected chi connectivity index (χ0v) is 15.2. The molecule has 0 spiro atoms. The summed E-state index contributed by atoms with van der Waals surface area (Å²) in [7, 11) is 0. The second-order valence-electron chi connectivity index (χ2n) is 6.30. The number of unbranched alkanes of at least 4 members (excludes halogenated alkanes) is 1. The van der Waals surface area contributed by atoms with E-state index < -0.39 is 42.0 Å². The van der Waals surface area contributed by atoms with E-state index in [2.05, 4.69) is 20.6 Å². The molecule has 1 aromatic rings. The molecule has 0 aliphatic carbocycles. The highest BCUT2D eigenvalue weighted by molar-refractivity contribution is 5.92. The van der Waals surface area contributed by atoms with Crippen molar-refractivity contribution < 1.29 is 24.6 Å². The standard InChI is InChI=1S/C16H28N6O5/c1-9(23)13(16(26)27)22-15(25)12(6-10-7-19-8-20-10)21-14(24)11(18)4-2-3-5-17/h7-9,11-13,23H,2-6,17-18H2,1H3,(H,19,20)(H,21,24)(H,22,25)(H,26,27). The molecule has 0 fully saturated rings. The van der Waals surface area contributed by atoms with E-state index in [9.17, 15) is 19.5 Å². The number of aliphatic hydroxyl groups excluding tert-OH is 1. The van der Waals surface area contributed by atoms with Crippen LogP contribution in [0.5, 0.6) is 0 Å². The van der Waals surface area contributed by atoms with E-state index in [1.807, 2.05) is 0 Å². The summed E-state index contributed by atoms with van der Waals surface area (Å²) in [6, 6.07) is -3.41. The third-order valence-corrected chi connectivity index (χ3v) is 3.96. The molecule has 0 saturated heterocycles. The van der Waals surface area contributed by atoms with Gasteiger partial charge >= 0.3 is 5.97 Å². The van der Waals surface area contributed by atoms with Crippen LogP contribution in [0, 0.1) is 0 Å². The normalized spacial score (nSPS) is 15.4. The lowest BCUT2D eigenvalue weighted by atomic mass is 10.1. The van der Waals surface area contributed by atoms with Crippen LogP contribution in [0.2, 0.25) is 0 Å². The minimum atomic E-state index is -1.50. The number of carboxylic acid groups (broad SMARTS) is 1. The van der Waals surface area contributed by atoms with Gasteiger partial charge < -0.3 is 37.3 Å². The maximum atomic E-state index is 12.5. The number of aromatic nitrogens is 2. The molecule has 152 valence electrons. The number of nitrogens with two attached hydrogens (primary N) is 2. The van der Waals surface area contributed by atoms with Crippen molar-refractivity contribution in [2.75, 3.05) is 6.54 Å². The molecule has 4 unspecified atom stereocenters. The van der Waals surface area contributed by atoms with E-state index in [-0.39, 0.29) is 6.42 Å². The quantitative estimate of drug-likeness (QED) is 0.198. The fraction of sp³-hybridized carbons (Fsp3) is 0.625. The van der Waals surface area contributed by atoms with Crippen molar-refractivity contribution >= 4 is 17.8 Å². The van der Waals surface area contributed by atoms with Gasteiger partial charge in [-0.15, -0.1) is 0 Å². The number of nitrogens with zero attached hydrogens (tertiary/aromatic N) is 1. The molecule has 0 radical (unpaired) electrons. The van der Waals surface area contributed by atoms with Gasteiger partial charge in [0.1, 0.15) is 6.04 Å². The molecule has 9 N–H and O–H groups in total. The highest BCUT2D eigenvalue weighted by Gasteiger charge is 2.30. The Bertz CT molecular complexity index is 606. The van der Waals surface area contributed by atoms with Crippen LogP contribution in [-0.2, 0) is 20.8 Å². The average Bonchev–Trinajstić information content (AvgIpc) is 3.11. The second-order valence-corrected chi connectivity index (χ2v) is 6.30. The highest BCUT2D eigenvalue weighted by atomic mass is 16.4. The number of imidazole rings is 1. The number of aromatic amines is 1. The molecule has 0 saturated carbocycles. The third kappa shape index (κ3) is 7.72. The first kappa shape index (κ1) is 22.5. The molecule has 0 aliphatic heterocycles. The zero-order valence-electron chi connectivity index (χ0n) is 15.2. The van der Waals surface area contributed by atoms with Crippen LogP contribution >= 0.6 is 0 Å². The van der Waals surface area contributed by atoms with Gasteiger partial charge in [-0.3, -0.25) is 9.59 Å². The van der Waals surface area contributed by atoms with Crippen molar-refractivity contribution in [3.05, 3.63) is 18.2 Å². The largest absolute Gasteiger partial charge is 0.480 e. The van der Waals surface area contributed by atoms with Crippen LogP contribution in [0.1, 0.15) is 31.9 Å². The Morgan fingerprint density at radius 3 is 2.48 bits per heavy atom. The van der Waals surface area contributed by atoms with E-state index in [0.29, 0.717) is 25.1 Å². The fourth-order valence-electron chi connectivity index (χ4n) is 2.39. The Morgan fingerprint density at radius 2 is 1.96 bits per heavy atom. The topological polar surface area (TPSA) is 196 Å². The first-order valence-electron chi connectivity index (χ1n) is 8.70. The second kappa shape index (κ2) is 11.3. The predicted octanol–water partition coefficient (Wildman–Crippen LogP) is -2.16. The monoisotopic (exact) mass is 384 g/mol. The Labute approximate surface area is 156 Å². The summed E-state index contributed by atoms with van der Waals surface area (Å²) in [6.07, 6.45) is 3.46. The van der Waals surface area contributed by atoms with Gasteiger partial charge in [-0.2, -0.15) is 0 Å². The molecule has 27 heavy (non-hydrogen) atoms. The third-order valence-electron chi connectivity index (χ3n) is 3.96. The lowest BCUT2D eigenvalue weighted by Gasteiger charge is -2.23. The fourth-order valence-corrected chi connectivity index (χ4v) is 2.39. The molecular formula is C16H28N6O5. The lowest BCUT2D eigenvalue weighted by Crippen LogP contribution is -2.57. The van der Waals surface area contributed by atoms with Crippen molar-refractivity contribution in [1.29, 1.82) is 0 Å². The smallest absolute Gasteiger partial charge is 0.328 e. The highest BCUT2D eigenvalue weighted by Crippen LogP contribution is 2.04. The minimum absolute atomic E-state index is 0.0548. The van der Waals surface area contributed by atoms with Crippen molar-refractivity contribution in [1.82, 2.24) is 20.6 Å². The minimum Gasteiger partial charge on any atom is -0.480 e. The van der Waals surface area contributed by atoms with Crippen LogP contribution in [-0.4, -0.2) is 68.7 Å². The van der Waals surface area contributed by atoms with Gasteiger partial charge in [-0.25, -0.2) is 9.78 Å². The summed E-state index contributed by atoms with van der Waals surface area (Å²) >= 11 is 0.